The van der Waals surface area contributed by atoms with Gasteiger partial charge in [0, 0.05) is 0 Å². The standard InChI is InChI=1S/C12H17NSSe.BrH/c1-4-10(3)14-13-8-15-12-6-5-9(2)7-11(12)13;/h5-7,10H,4,8H2,1-3H3;1H. The Balaban J connectivity index is 0.00000128. The first-order chi connectivity index (χ1) is 7.20. The summed E-state index contributed by atoms with van der Waals surface area (Å²) >= 11 is 2.66. The monoisotopic (exact) mass is 367 g/mol. The summed E-state index contributed by atoms with van der Waals surface area (Å²) in [5, 5.41) is 0.729. The van der Waals surface area contributed by atoms with E-state index in [1.54, 1.807) is 4.46 Å². The van der Waals surface area contributed by atoms with E-state index < -0.39 is 0 Å². The van der Waals surface area contributed by atoms with Crippen LogP contribution in [-0.2, 0) is 0 Å². The van der Waals surface area contributed by atoms with Crippen LogP contribution >= 0.6 is 28.9 Å². The van der Waals surface area contributed by atoms with Crippen molar-refractivity contribution in [1.82, 2.24) is 0 Å². The van der Waals surface area contributed by atoms with Gasteiger partial charge in [0.05, 0.1) is 0 Å². The van der Waals surface area contributed by atoms with Crippen molar-refractivity contribution >= 4 is 54.0 Å². The molecule has 0 spiro atoms. The quantitative estimate of drug-likeness (QED) is 0.597. The van der Waals surface area contributed by atoms with Gasteiger partial charge in [-0.2, -0.15) is 0 Å². The number of rotatable bonds is 3. The number of aryl methyl sites for hydroxylation is 1. The van der Waals surface area contributed by atoms with Gasteiger partial charge in [-0.05, 0) is 0 Å². The molecule has 16 heavy (non-hydrogen) atoms. The molecule has 0 bridgehead atoms. The molecule has 2 rings (SSSR count). The number of hydrogen-bond donors (Lipinski definition) is 0. The Morgan fingerprint density at radius 2 is 2.25 bits per heavy atom. The molecule has 0 fully saturated rings. The molecule has 0 saturated heterocycles. The van der Waals surface area contributed by atoms with Gasteiger partial charge in [-0.1, -0.05) is 0 Å². The van der Waals surface area contributed by atoms with E-state index in [0.29, 0.717) is 15.0 Å². The second-order valence-corrected chi connectivity index (χ2v) is 7.47. The molecule has 0 saturated carbocycles. The van der Waals surface area contributed by atoms with Crippen molar-refractivity contribution in [3.63, 3.8) is 0 Å². The number of fused-ring (bicyclic) bond motifs is 1. The number of nitrogens with zero attached hydrogens (tertiary/aromatic N) is 1. The molecule has 4 heteroatoms. The van der Waals surface area contributed by atoms with Crippen LogP contribution < -0.4 is 8.77 Å². The van der Waals surface area contributed by atoms with Gasteiger partial charge >= 0.3 is 103 Å². The van der Waals surface area contributed by atoms with E-state index in [1.165, 1.54) is 23.1 Å². The van der Waals surface area contributed by atoms with E-state index in [2.05, 4.69) is 43.3 Å². The zero-order valence-electron chi connectivity index (χ0n) is 9.90. The van der Waals surface area contributed by atoms with Crippen molar-refractivity contribution in [1.29, 1.82) is 0 Å². The van der Waals surface area contributed by atoms with Crippen molar-refractivity contribution in [2.75, 3.05) is 9.75 Å². The third-order valence-corrected chi connectivity index (χ3v) is 6.43. The first kappa shape index (κ1) is 14.4. The molecular formula is C12H18BrNSSe. The van der Waals surface area contributed by atoms with Crippen LogP contribution in [0, 0.1) is 6.92 Å². The molecular weight excluding hydrogens is 349 g/mol. The number of hydrogen-bond acceptors (Lipinski definition) is 2. The summed E-state index contributed by atoms with van der Waals surface area (Å²) in [5.74, 6) is 0. The summed E-state index contributed by atoms with van der Waals surface area (Å²) in [6.07, 6.45) is 1.25. The van der Waals surface area contributed by atoms with E-state index in [1.807, 2.05) is 11.9 Å². The van der Waals surface area contributed by atoms with Crippen LogP contribution in [0.2, 0.25) is 0 Å². The zero-order valence-corrected chi connectivity index (χ0v) is 14.1. The number of halogens is 1. The molecule has 0 aliphatic carbocycles. The van der Waals surface area contributed by atoms with Crippen molar-refractivity contribution in [3.05, 3.63) is 23.8 Å². The molecule has 0 N–H and O–H groups in total. The fourth-order valence-corrected chi connectivity index (χ4v) is 5.06. The maximum atomic E-state index is 2.50. The van der Waals surface area contributed by atoms with Crippen LogP contribution in [0.4, 0.5) is 5.69 Å². The summed E-state index contributed by atoms with van der Waals surface area (Å²) in [6.45, 7) is 6.75. The Bertz CT molecular complexity index is 359. The maximum absolute atomic E-state index is 2.50. The number of benzene rings is 1. The van der Waals surface area contributed by atoms with Crippen LogP contribution in [-0.4, -0.2) is 25.6 Å². The Hall–Kier alpha value is 0.369. The van der Waals surface area contributed by atoms with Crippen LogP contribution in [0.1, 0.15) is 25.8 Å². The van der Waals surface area contributed by atoms with E-state index in [-0.39, 0.29) is 17.0 Å². The third-order valence-electron chi connectivity index (χ3n) is 2.60. The molecule has 90 valence electrons. The normalized spacial score (nSPS) is 15.6. The Morgan fingerprint density at radius 1 is 1.50 bits per heavy atom. The van der Waals surface area contributed by atoms with Crippen molar-refractivity contribution in [2.24, 2.45) is 0 Å². The SMILES string of the molecule is Br.CCC(C)SN1C[Se]c2ccc(C)cc21. The topological polar surface area (TPSA) is 3.24 Å². The summed E-state index contributed by atoms with van der Waals surface area (Å²) in [7, 11) is 0. The average molecular weight is 367 g/mol. The van der Waals surface area contributed by atoms with Gasteiger partial charge in [-0.15, -0.1) is 17.0 Å². The van der Waals surface area contributed by atoms with Crippen LogP contribution in [0.25, 0.3) is 0 Å². The fourth-order valence-electron chi connectivity index (χ4n) is 1.52. The summed E-state index contributed by atoms with van der Waals surface area (Å²) in [6, 6.07) is 6.87. The molecule has 1 aliphatic rings. The van der Waals surface area contributed by atoms with Gasteiger partial charge in [0.1, 0.15) is 0 Å². The number of anilines is 1. The van der Waals surface area contributed by atoms with E-state index in [4.69, 9.17) is 0 Å². The summed E-state index contributed by atoms with van der Waals surface area (Å²) in [5.41, 5.74) is 4.09. The molecule has 0 aromatic heterocycles. The molecule has 1 atom stereocenters. The van der Waals surface area contributed by atoms with Gasteiger partial charge in [0.2, 0.25) is 0 Å². The Kier molecular flexibility index (Phi) is 5.72. The predicted molar refractivity (Wildman–Crippen MR) is 81.6 cm³/mol. The van der Waals surface area contributed by atoms with Crippen molar-refractivity contribution in [3.8, 4) is 0 Å². The van der Waals surface area contributed by atoms with E-state index >= 15 is 0 Å². The molecule has 1 aromatic rings. The molecule has 1 unspecified atom stereocenters. The Morgan fingerprint density at radius 3 is 2.94 bits per heavy atom. The molecule has 1 heterocycles. The van der Waals surface area contributed by atoms with Crippen LogP contribution in [0.3, 0.4) is 0 Å². The molecule has 0 radical (unpaired) electrons. The first-order valence-corrected chi connectivity index (χ1v) is 8.29. The second kappa shape index (κ2) is 6.34. The van der Waals surface area contributed by atoms with Crippen LogP contribution in [0.5, 0.6) is 0 Å². The van der Waals surface area contributed by atoms with Gasteiger partial charge in [0.25, 0.3) is 0 Å². The van der Waals surface area contributed by atoms with Gasteiger partial charge < -0.3 is 0 Å². The summed E-state index contributed by atoms with van der Waals surface area (Å²) in [4.78, 5) is 0. The Labute approximate surface area is 119 Å². The molecule has 1 aromatic carbocycles. The van der Waals surface area contributed by atoms with Gasteiger partial charge in [-0.25, -0.2) is 0 Å². The minimum atomic E-state index is 0. The minimum absolute atomic E-state index is 0. The summed E-state index contributed by atoms with van der Waals surface area (Å²) < 4.78 is 4.07. The zero-order chi connectivity index (χ0) is 10.8. The van der Waals surface area contributed by atoms with Crippen molar-refractivity contribution in [2.45, 2.75) is 32.4 Å². The molecule has 1 nitrogen and oxygen atoms in total. The van der Waals surface area contributed by atoms with E-state index in [0.717, 1.165) is 5.25 Å². The predicted octanol–water partition coefficient (Wildman–Crippen LogP) is 3.13. The van der Waals surface area contributed by atoms with E-state index in [9.17, 15) is 0 Å². The molecule has 0 amide bonds. The van der Waals surface area contributed by atoms with Crippen molar-refractivity contribution < 1.29 is 0 Å². The fraction of sp³-hybridized carbons (Fsp3) is 0.500. The first-order valence-electron chi connectivity index (χ1n) is 5.38. The van der Waals surface area contributed by atoms with Gasteiger partial charge in [0.15, 0.2) is 0 Å². The third kappa shape index (κ3) is 3.19. The second-order valence-electron chi connectivity index (χ2n) is 3.95. The average Bonchev–Trinajstić information content (AvgIpc) is 2.61. The van der Waals surface area contributed by atoms with Gasteiger partial charge in [-0.3, -0.25) is 0 Å². The molecule has 1 aliphatic heterocycles. The van der Waals surface area contributed by atoms with Crippen LogP contribution in [0.15, 0.2) is 18.2 Å².